The zero-order valence-electron chi connectivity index (χ0n) is 13.6. The average Bonchev–Trinajstić information content (AvgIpc) is 2.49. The average molecular weight is 319 g/mol. The van der Waals surface area contributed by atoms with Crippen LogP contribution in [0.1, 0.15) is 44.0 Å². The van der Waals surface area contributed by atoms with E-state index >= 15 is 0 Å². The standard InChI is InChI=1S/C17H21NO5/c1-4-5-14(19)12-6-7-15-13(8-12)18(16(20)10-22-15)9-17(21)23-11(2)3/h6-8,11H,4-5,9-10H2,1-3H3. The highest BCUT2D eigenvalue weighted by molar-refractivity contribution is 6.04. The highest BCUT2D eigenvalue weighted by atomic mass is 16.5. The second-order valence-corrected chi connectivity index (χ2v) is 5.66. The van der Waals surface area contributed by atoms with Crippen LogP contribution in [0.3, 0.4) is 0 Å². The fourth-order valence-electron chi connectivity index (χ4n) is 2.35. The Hall–Kier alpha value is -2.37. The first-order valence-electron chi connectivity index (χ1n) is 7.72. The fraction of sp³-hybridized carbons (Fsp3) is 0.471. The van der Waals surface area contributed by atoms with Crippen LogP contribution in [0.25, 0.3) is 0 Å². The van der Waals surface area contributed by atoms with Crippen molar-refractivity contribution < 1.29 is 23.9 Å². The topological polar surface area (TPSA) is 72.9 Å². The zero-order chi connectivity index (χ0) is 17.0. The molecule has 1 heterocycles. The molecule has 1 aromatic carbocycles. The minimum absolute atomic E-state index is 0.00182. The van der Waals surface area contributed by atoms with E-state index < -0.39 is 5.97 Å². The molecular weight excluding hydrogens is 298 g/mol. The van der Waals surface area contributed by atoms with E-state index in [2.05, 4.69) is 0 Å². The molecule has 0 fully saturated rings. The van der Waals surface area contributed by atoms with Crippen molar-refractivity contribution in [2.45, 2.75) is 39.7 Å². The molecule has 0 spiro atoms. The second-order valence-electron chi connectivity index (χ2n) is 5.66. The second kappa shape index (κ2) is 7.26. The van der Waals surface area contributed by atoms with Crippen LogP contribution in [0.4, 0.5) is 5.69 Å². The number of fused-ring (bicyclic) bond motifs is 1. The Kier molecular flexibility index (Phi) is 5.36. The first-order chi connectivity index (χ1) is 10.9. The summed E-state index contributed by atoms with van der Waals surface area (Å²) < 4.78 is 10.5. The van der Waals surface area contributed by atoms with Gasteiger partial charge in [0.15, 0.2) is 12.4 Å². The zero-order valence-corrected chi connectivity index (χ0v) is 13.6. The first-order valence-corrected chi connectivity index (χ1v) is 7.72. The van der Waals surface area contributed by atoms with Crippen LogP contribution in [-0.2, 0) is 14.3 Å². The summed E-state index contributed by atoms with van der Waals surface area (Å²) in [5.41, 5.74) is 0.940. The van der Waals surface area contributed by atoms with Crippen molar-refractivity contribution >= 4 is 23.3 Å². The molecule has 0 saturated carbocycles. The normalized spacial score (nSPS) is 13.6. The Bertz CT molecular complexity index is 623. The summed E-state index contributed by atoms with van der Waals surface area (Å²) in [5, 5.41) is 0. The van der Waals surface area contributed by atoms with Crippen LogP contribution in [0, 0.1) is 0 Å². The summed E-state index contributed by atoms with van der Waals surface area (Å²) in [7, 11) is 0. The number of ether oxygens (including phenoxy) is 2. The molecule has 1 aromatic rings. The third kappa shape index (κ3) is 4.09. The summed E-state index contributed by atoms with van der Waals surface area (Å²) >= 11 is 0. The number of anilines is 1. The molecule has 0 bridgehead atoms. The molecule has 23 heavy (non-hydrogen) atoms. The quantitative estimate of drug-likeness (QED) is 0.594. The van der Waals surface area contributed by atoms with E-state index in [1.54, 1.807) is 32.0 Å². The van der Waals surface area contributed by atoms with Crippen molar-refractivity contribution in [1.29, 1.82) is 0 Å². The Balaban J connectivity index is 2.28. The van der Waals surface area contributed by atoms with E-state index in [0.717, 1.165) is 6.42 Å². The van der Waals surface area contributed by atoms with Crippen molar-refractivity contribution in [3.05, 3.63) is 23.8 Å². The maximum absolute atomic E-state index is 12.1. The van der Waals surface area contributed by atoms with Gasteiger partial charge < -0.3 is 9.47 Å². The van der Waals surface area contributed by atoms with Gasteiger partial charge in [0, 0.05) is 12.0 Å². The molecule has 0 N–H and O–H groups in total. The third-order valence-corrected chi connectivity index (χ3v) is 3.36. The predicted molar refractivity (Wildman–Crippen MR) is 84.8 cm³/mol. The number of carbonyl (C=O) groups is 3. The molecule has 0 unspecified atom stereocenters. The molecule has 2 rings (SSSR count). The van der Waals surface area contributed by atoms with Crippen LogP contribution in [0.2, 0.25) is 0 Å². The monoisotopic (exact) mass is 319 g/mol. The van der Waals surface area contributed by atoms with Gasteiger partial charge in [-0.15, -0.1) is 0 Å². The Labute approximate surface area is 135 Å². The Morgan fingerprint density at radius 3 is 2.74 bits per heavy atom. The summed E-state index contributed by atoms with van der Waals surface area (Å²) in [6, 6.07) is 4.94. The molecule has 1 aliphatic rings. The van der Waals surface area contributed by atoms with Gasteiger partial charge in [-0.3, -0.25) is 19.3 Å². The van der Waals surface area contributed by atoms with Crippen molar-refractivity contribution in [3.8, 4) is 5.75 Å². The van der Waals surface area contributed by atoms with E-state index in [0.29, 0.717) is 23.4 Å². The third-order valence-electron chi connectivity index (χ3n) is 3.36. The number of carbonyl (C=O) groups excluding carboxylic acids is 3. The predicted octanol–water partition coefficient (Wildman–Crippen LogP) is 2.35. The van der Waals surface area contributed by atoms with Gasteiger partial charge >= 0.3 is 5.97 Å². The molecule has 0 atom stereocenters. The highest BCUT2D eigenvalue weighted by Gasteiger charge is 2.28. The lowest BCUT2D eigenvalue weighted by molar-refractivity contribution is -0.146. The van der Waals surface area contributed by atoms with Crippen LogP contribution >= 0.6 is 0 Å². The van der Waals surface area contributed by atoms with Gasteiger partial charge in [-0.05, 0) is 38.5 Å². The molecule has 0 radical (unpaired) electrons. The molecule has 124 valence electrons. The van der Waals surface area contributed by atoms with E-state index in [9.17, 15) is 14.4 Å². The number of hydrogen-bond acceptors (Lipinski definition) is 5. The number of hydrogen-bond donors (Lipinski definition) is 0. The van der Waals surface area contributed by atoms with Crippen LogP contribution in [0.5, 0.6) is 5.75 Å². The molecule has 6 heteroatoms. The van der Waals surface area contributed by atoms with E-state index in [1.807, 2.05) is 6.92 Å². The SMILES string of the molecule is CCCC(=O)c1ccc2c(c1)N(CC(=O)OC(C)C)C(=O)CO2. The van der Waals surface area contributed by atoms with Gasteiger partial charge in [0.1, 0.15) is 12.3 Å². The van der Waals surface area contributed by atoms with Gasteiger partial charge in [-0.2, -0.15) is 0 Å². The van der Waals surface area contributed by atoms with Gasteiger partial charge in [-0.25, -0.2) is 0 Å². The molecular formula is C17H21NO5. The number of benzene rings is 1. The van der Waals surface area contributed by atoms with E-state index in [-0.39, 0.29) is 30.9 Å². The number of ketones is 1. The minimum atomic E-state index is -0.494. The molecule has 6 nitrogen and oxygen atoms in total. The molecule has 1 aliphatic heterocycles. The Morgan fingerprint density at radius 1 is 1.35 bits per heavy atom. The number of amides is 1. The van der Waals surface area contributed by atoms with Crippen molar-refractivity contribution in [2.75, 3.05) is 18.1 Å². The molecule has 1 amide bonds. The largest absolute Gasteiger partial charge is 0.482 e. The van der Waals surface area contributed by atoms with Crippen molar-refractivity contribution in [1.82, 2.24) is 0 Å². The van der Waals surface area contributed by atoms with Crippen LogP contribution in [0.15, 0.2) is 18.2 Å². The molecule has 0 aliphatic carbocycles. The lowest BCUT2D eigenvalue weighted by Crippen LogP contribution is -2.42. The first kappa shape index (κ1) is 17.0. The van der Waals surface area contributed by atoms with Gasteiger partial charge in [0.05, 0.1) is 11.8 Å². The summed E-state index contributed by atoms with van der Waals surface area (Å²) in [6.07, 6.45) is 0.925. The van der Waals surface area contributed by atoms with Crippen LogP contribution < -0.4 is 9.64 Å². The van der Waals surface area contributed by atoms with E-state index in [4.69, 9.17) is 9.47 Å². The smallest absolute Gasteiger partial charge is 0.326 e. The number of esters is 1. The molecule has 0 aromatic heterocycles. The maximum atomic E-state index is 12.1. The lowest BCUT2D eigenvalue weighted by Gasteiger charge is -2.29. The van der Waals surface area contributed by atoms with Crippen molar-refractivity contribution in [2.24, 2.45) is 0 Å². The number of Topliss-reactive ketones (excluding diaryl/α,β-unsaturated/α-hetero) is 1. The van der Waals surface area contributed by atoms with Gasteiger partial charge in [0.2, 0.25) is 0 Å². The molecule has 0 saturated heterocycles. The van der Waals surface area contributed by atoms with Crippen LogP contribution in [-0.4, -0.2) is 36.9 Å². The fourth-order valence-corrected chi connectivity index (χ4v) is 2.35. The summed E-state index contributed by atoms with van der Waals surface area (Å²) in [6.45, 7) is 5.09. The summed E-state index contributed by atoms with van der Waals surface area (Å²) in [4.78, 5) is 37.3. The number of rotatable bonds is 6. The maximum Gasteiger partial charge on any atom is 0.326 e. The van der Waals surface area contributed by atoms with Crippen molar-refractivity contribution in [3.63, 3.8) is 0 Å². The van der Waals surface area contributed by atoms with Gasteiger partial charge in [0.25, 0.3) is 5.91 Å². The highest BCUT2D eigenvalue weighted by Crippen LogP contribution is 2.33. The Morgan fingerprint density at radius 2 is 2.09 bits per heavy atom. The lowest BCUT2D eigenvalue weighted by atomic mass is 10.0. The minimum Gasteiger partial charge on any atom is -0.482 e. The van der Waals surface area contributed by atoms with Gasteiger partial charge in [-0.1, -0.05) is 6.92 Å². The number of nitrogens with zero attached hydrogens (tertiary/aromatic N) is 1. The van der Waals surface area contributed by atoms with E-state index in [1.165, 1.54) is 4.90 Å². The summed E-state index contributed by atoms with van der Waals surface area (Å²) in [5.74, 6) is -0.349.